The van der Waals surface area contributed by atoms with Gasteiger partial charge in [-0.1, -0.05) is 25.4 Å². The summed E-state index contributed by atoms with van der Waals surface area (Å²) < 4.78 is 5.64. The highest BCUT2D eigenvalue weighted by Crippen LogP contribution is 2.22. The summed E-state index contributed by atoms with van der Waals surface area (Å²) in [5, 5.41) is 13.5. The molecule has 4 nitrogen and oxygen atoms in total. The Morgan fingerprint density at radius 1 is 1.43 bits per heavy atom. The molecule has 1 unspecified atom stereocenters. The largest absolute Gasteiger partial charge is 0.481 e. The Labute approximate surface area is 131 Å². The lowest BCUT2D eigenvalue weighted by atomic mass is 9.97. The summed E-state index contributed by atoms with van der Waals surface area (Å²) >= 11 is 5.89. The number of carbonyl (C=O) groups excluding carboxylic acids is 1. The molecule has 0 heterocycles. The summed E-state index contributed by atoms with van der Waals surface area (Å²) in [5.41, 5.74) is 0.0201. The predicted molar refractivity (Wildman–Crippen MR) is 84.8 cm³/mol. The fourth-order valence-electron chi connectivity index (χ4n) is 1.88. The molecule has 21 heavy (non-hydrogen) atoms. The summed E-state index contributed by atoms with van der Waals surface area (Å²) in [6.45, 7) is 7.57. The predicted octanol–water partition coefficient (Wildman–Crippen LogP) is 3.08. The van der Waals surface area contributed by atoms with Crippen molar-refractivity contribution in [3.8, 4) is 5.75 Å². The fourth-order valence-corrected chi connectivity index (χ4v) is 2.11. The van der Waals surface area contributed by atoms with Gasteiger partial charge in [-0.15, -0.1) is 0 Å². The number of nitrogens with one attached hydrogen (secondary N) is 1. The molecule has 5 heteroatoms. The van der Waals surface area contributed by atoms with Crippen LogP contribution in [-0.2, 0) is 4.79 Å². The number of benzene rings is 1. The first-order valence-corrected chi connectivity index (χ1v) is 7.62. The maximum Gasteiger partial charge on any atom is 0.260 e. The molecule has 0 bridgehead atoms. The number of amides is 1. The third-order valence-electron chi connectivity index (χ3n) is 3.72. The van der Waals surface area contributed by atoms with Gasteiger partial charge in [-0.3, -0.25) is 4.79 Å². The van der Waals surface area contributed by atoms with Gasteiger partial charge in [0.25, 0.3) is 5.91 Å². The molecule has 1 amide bonds. The molecule has 0 fully saturated rings. The molecule has 0 radical (unpaired) electrons. The zero-order valence-corrected chi connectivity index (χ0v) is 13.8. The fraction of sp³-hybridized carbons (Fsp3) is 0.562. The minimum atomic E-state index is -0.856. The first-order valence-electron chi connectivity index (χ1n) is 7.24. The van der Waals surface area contributed by atoms with E-state index in [-0.39, 0.29) is 12.5 Å². The second kappa shape index (κ2) is 7.66. The highest BCUT2D eigenvalue weighted by molar-refractivity contribution is 6.30. The average Bonchev–Trinajstić information content (AvgIpc) is 2.47. The van der Waals surface area contributed by atoms with E-state index in [1.807, 2.05) is 20.8 Å². The quantitative estimate of drug-likeness (QED) is 0.813. The molecule has 1 aromatic carbocycles. The molecule has 1 atom stereocenters. The van der Waals surface area contributed by atoms with E-state index in [9.17, 15) is 9.90 Å². The van der Waals surface area contributed by atoms with Crippen LogP contribution in [0.5, 0.6) is 5.75 Å². The Morgan fingerprint density at radius 2 is 2.05 bits per heavy atom. The molecule has 0 saturated heterocycles. The molecular formula is C16H24ClNO3. The third-order valence-corrected chi connectivity index (χ3v) is 3.95. The standard InChI is InChI=1S/C16H24ClNO3/c1-5-16(20,6-2)10-18-15(19)12(4)21-14-8-7-13(17)9-11(14)3/h7-9,12,20H,5-6,10H2,1-4H3,(H,18,19). The van der Waals surface area contributed by atoms with E-state index in [2.05, 4.69) is 5.32 Å². The van der Waals surface area contributed by atoms with Gasteiger partial charge < -0.3 is 15.2 Å². The lowest BCUT2D eigenvalue weighted by Gasteiger charge is -2.26. The molecule has 0 aliphatic heterocycles. The Kier molecular flexibility index (Phi) is 6.49. The van der Waals surface area contributed by atoms with Gasteiger partial charge in [-0.05, 0) is 50.5 Å². The minimum absolute atomic E-state index is 0.228. The molecule has 0 spiro atoms. The van der Waals surface area contributed by atoms with Crippen LogP contribution in [0.25, 0.3) is 0 Å². The van der Waals surface area contributed by atoms with Gasteiger partial charge in [0, 0.05) is 11.6 Å². The maximum absolute atomic E-state index is 12.0. The van der Waals surface area contributed by atoms with Crippen LogP contribution in [0.2, 0.25) is 5.02 Å². The van der Waals surface area contributed by atoms with E-state index < -0.39 is 11.7 Å². The SMILES string of the molecule is CCC(O)(CC)CNC(=O)C(C)Oc1ccc(Cl)cc1C. The van der Waals surface area contributed by atoms with Crippen molar-refractivity contribution in [1.29, 1.82) is 0 Å². The van der Waals surface area contributed by atoms with Gasteiger partial charge in [-0.2, -0.15) is 0 Å². The van der Waals surface area contributed by atoms with Crippen LogP contribution < -0.4 is 10.1 Å². The second-order valence-corrected chi connectivity index (χ2v) is 5.76. The average molecular weight is 314 g/mol. The van der Waals surface area contributed by atoms with Crippen LogP contribution in [0, 0.1) is 6.92 Å². The summed E-state index contributed by atoms with van der Waals surface area (Å²) in [6, 6.07) is 5.26. The Bertz CT molecular complexity index is 486. The number of hydrogen-bond acceptors (Lipinski definition) is 3. The van der Waals surface area contributed by atoms with E-state index >= 15 is 0 Å². The molecule has 1 aromatic rings. The van der Waals surface area contributed by atoms with Crippen molar-refractivity contribution in [2.75, 3.05) is 6.54 Å². The molecule has 0 aliphatic rings. The van der Waals surface area contributed by atoms with Gasteiger partial charge in [0.15, 0.2) is 6.10 Å². The summed E-state index contributed by atoms with van der Waals surface area (Å²) in [6.07, 6.45) is 0.549. The number of ether oxygens (including phenoxy) is 1. The zero-order valence-electron chi connectivity index (χ0n) is 13.1. The molecule has 2 N–H and O–H groups in total. The van der Waals surface area contributed by atoms with Crippen molar-refractivity contribution in [1.82, 2.24) is 5.32 Å². The van der Waals surface area contributed by atoms with Crippen molar-refractivity contribution in [2.45, 2.75) is 52.2 Å². The van der Waals surface area contributed by atoms with Crippen LogP contribution in [0.4, 0.5) is 0 Å². The van der Waals surface area contributed by atoms with Crippen LogP contribution in [-0.4, -0.2) is 29.3 Å². The normalized spacial score (nSPS) is 12.9. The maximum atomic E-state index is 12.0. The summed E-state index contributed by atoms with van der Waals surface area (Å²) in [4.78, 5) is 12.0. The smallest absolute Gasteiger partial charge is 0.260 e. The van der Waals surface area contributed by atoms with Gasteiger partial charge in [0.05, 0.1) is 5.60 Å². The van der Waals surface area contributed by atoms with E-state index in [1.54, 1.807) is 25.1 Å². The highest BCUT2D eigenvalue weighted by Gasteiger charge is 2.24. The summed E-state index contributed by atoms with van der Waals surface area (Å²) in [7, 11) is 0. The van der Waals surface area contributed by atoms with Crippen LogP contribution in [0.15, 0.2) is 18.2 Å². The van der Waals surface area contributed by atoms with Crippen molar-refractivity contribution >= 4 is 17.5 Å². The van der Waals surface area contributed by atoms with Crippen LogP contribution in [0.3, 0.4) is 0 Å². The van der Waals surface area contributed by atoms with Gasteiger partial charge in [0.1, 0.15) is 5.75 Å². The van der Waals surface area contributed by atoms with Crippen LogP contribution >= 0.6 is 11.6 Å². The zero-order chi connectivity index (χ0) is 16.0. The van der Waals surface area contributed by atoms with Crippen LogP contribution in [0.1, 0.15) is 39.2 Å². The van der Waals surface area contributed by atoms with Crippen molar-refractivity contribution in [2.24, 2.45) is 0 Å². The van der Waals surface area contributed by atoms with E-state index in [0.29, 0.717) is 23.6 Å². The molecule has 0 saturated carbocycles. The molecule has 1 rings (SSSR count). The lowest BCUT2D eigenvalue weighted by molar-refractivity contribution is -0.128. The first kappa shape index (κ1) is 17.8. The summed E-state index contributed by atoms with van der Waals surface area (Å²) in [5.74, 6) is 0.382. The number of carbonyl (C=O) groups is 1. The van der Waals surface area contributed by atoms with Gasteiger partial charge in [0.2, 0.25) is 0 Å². The van der Waals surface area contributed by atoms with E-state index in [1.165, 1.54) is 0 Å². The first-order chi connectivity index (χ1) is 9.81. The minimum Gasteiger partial charge on any atom is -0.481 e. The topological polar surface area (TPSA) is 58.6 Å². The number of aliphatic hydroxyl groups is 1. The monoisotopic (exact) mass is 313 g/mol. The molecule has 118 valence electrons. The van der Waals surface area contributed by atoms with Gasteiger partial charge in [-0.25, -0.2) is 0 Å². The highest BCUT2D eigenvalue weighted by atomic mass is 35.5. The Morgan fingerprint density at radius 3 is 2.57 bits per heavy atom. The van der Waals surface area contributed by atoms with Crippen molar-refractivity contribution < 1.29 is 14.6 Å². The molecular weight excluding hydrogens is 290 g/mol. The number of halogens is 1. The molecule has 0 aromatic heterocycles. The van der Waals surface area contributed by atoms with Crippen molar-refractivity contribution in [3.63, 3.8) is 0 Å². The Balaban J connectivity index is 2.59. The van der Waals surface area contributed by atoms with Crippen molar-refractivity contribution in [3.05, 3.63) is 28.8 Å². The second-order valence-electron chi connectivity index (χ2n) is 5.32. The Hall–Kier alpha value is -1.26. The third kappa shape index (κ3) is 5.21. The number of hydrogen-bond donors (Lipinski definition) is 2. The number of aryl methyl sites for hydroxylation is 1. The number of rotatable bonds is 7. The van der Waals surface area contributed by atoms with Gasteiger partial charge >= 0.3 is 0 Å². The lowest BCUT2D eigenvalue weighted by Crippen LogP contribution is -2.46. The molecule has 0 aliphatic carbocycles. The van der Waals surface area contributed by atoms with E-state index in [0.717, 1.165) is 5.56 Å². The van der Waals surface area contributed by atoms with E-state index in [4.69, 9.17) is 16.3 Å².